The van der Waals surface area contributed by atoms with Gasteiger partial charge in [0.25, 0.3) is 0 Å². The summed E-state index contributed by atoms with van der Waals surface area (Å²) in [6, 6.07) is 0.496. The lowest BCUT2D eigenvalue weighted by Crippen LogP contribution is -2.54. The van der Waals surface area contributed by atoms with E-state index in [0.717, 1.165) is 35.5 Å². The summed E-state index contributed by atoms with van der Waals surface area (Å²) in [5, 5.41) is 0. The first-order chi connectivity index (χ1) is 12.8. The van der Waals surface area contributed by atoms with E-state index in [1.54, 1.807) is 6.42 Å². The molecule has 156 valence electrons. The first-order valence-electron chi connectivity index (χ1n) is 12.6. The maximum atomic E-state index is 6.37. The molecule has 0 aliphatic heterocycles. The molecule has 1 nitrogen and oxygen atoms in total. The van der Waals surface area contributed by atoms with Crippen LogP contribution >= 0.6 is 0 Å². The van der Waals surface area contributed by atoms with E-state index >= 15 is 0 Å². The average Bonchev–Trinajstić information content (AvgIpc) is 2.96. The van der Waals surface area contributed by atoms with Gasteiger partial charge in [0.1, 0.15) is 0 Å². The smallest absolute Gasteiger partial charge is 0.00418 e. The number of fused-ring (bicyclic) bond motifs is 5. The van der Waals surface area contributed by atoms with E-state index in [2.05, 4.69) is 27.7 Å². The lowest BCUT2D eigenvalue weighted by molar-refractivity contribution is -0.113. The summed E-state index contributed by atoms with van der Waals surface area (Å²) in [5.74, 6) is 5.94. The molecule has 0 amide bonds. The molecule has 2 N–H and O–H groups in total. The minimum Gasteiger partial charge on any atom is -0.328 e. The third kappa shape index (κ3) is 3.53. The second-order valence-electron chi connectivity index (χ2n) is 12.2. The van der Waals surface area contributed by atoms with Crippen molar-refractivity contribution >= 4 is 0 Å². The van der Waals surface area contributed by atoms with Gasteiger partial charge in [-0.3, -0.25) is 0 Å². The Morgan fingerprint density at radius 2 is 1.59 bits per heavy atom. The third-order valence-corrected chi connectivity index (χ3v) is 10.5. The highest BCUT2D eigenvalue weighted by atomic mass is 14.7. The predicted octanol–water partition coefficient (Wildman–Crippen LogP) is 7.19. The fourth-order valence-corrected chi connectivity index (χ4v) is 8.82. The van der Waals surface area contributed by atoms with Crippen LogP contribution in [-0.4, -0.2) is 6.04 Å². The Kier molecular flexibility index (Phi) is 5.74. The van der Waals surface area contributed by atoms with Crippen molar-refractivity contribution in [2.24, 2.45) is 52.1 Å². The van der Waals surface area contributed by atoms with Gasteiger partial charge in [-0.15, -0.1) is 0 Å². The van der Waals surface area contributed by atoms with Crippen molar-refractivity contribution in [2.75, 3.05) is 0 Å². The Balaban J connectivity index is 1.43. The van der Waals surface area contributed by atoms with Gasteiger partial charge in [-0.25, -0.2) is 0 Å². The summed E-state index contributed by atoms with van der Waals surface area (Å²) in [6.07, 6.45) is 19.1. The van der Waals surface area contributed by atoms with Gasteiger partial charge in [0.2, 0.25) is 0 Å². The largest absolute Gasteiger partial charge is 0.328 e. The molecule has 4 aliphatic carbocycles. The van der Waals surface area contributed by atoms with Crippen molar-refractivity contribution in [1.82, 2.24) is 0 Å². The molecule has 27 heavy (non-hydrogen) atoms. The molecule has 0 aromatic heterocycles. The monoisotopic (exact) mass is 373 g/mol. The van der Waals surface area contributed by atoms with Gasteiger partial charge in [0.05, 0.1) is 0 Å². The van der Waals surface area contributed by atoms with Crippen molar-refractivity contribution < 1.29 is 0 Å². The minimum atomic E-state index is 0.496. The molecule has 8 atom stereocenters. The van der Waals surface area contributed by atoms with Crippen molar-refractivity contribution in [1.29, 1.82) is 0 Å². The molecule has 4 aliphatic rings. The molecular weight excluding hydrogens is 326 g/mol. The van der Waals surface area contributed by atoms with Crippen molar-refractivity contribution in [3.05, 3.63) is 0 Å². The third-order valence-electron chi connectivity index (χ3n) is 10.5. The zero-order chi connectivity index (χ0) is 19.2. The van der Waals surface area contributed by atoms with Crippen LogP contribution in [0.5, 0.6) is 0 Å². The highest BCUT2D eigenvalue weighted by Crippen LogP contribution is 2.67. The van der Waals surface area contributed by atoms with Crippen molar-refractivity contribution in [3.8, 4) is 0 Å². The number of hydrogen-bond acceptors (Lipinski definition) is 1. The summed E-state index contributed by atoms with van der Waals surface area (Å²) in [7, 11) is 0. The Morgan fingerprint density at radius 3 is 2.37 bits per heavy atom. The summed E-state index contributed by atoms with van der Waals surface area (Å²) < 4.78 is 0. The van der Waals surface area contributed by atoms with E-state index in [1.807, 2.05) is 0 Å². The topological polar surface area (TPSA) is 26.0 Å². The lowest BCUT2D eigenvalue weighted by Gasteiger charge is -2.61. The van der Waals surface area contributed by atoms with Gasteiger partial charge < -0.3 is 5.73 Å². The molecule has 0 radical (unpaired) electrons. The van der Waals surface area contributed by atoms with Crippen molar-refractivity contribution in [2.45, 2.75) is 117 Å². The summed E-state index contributed by atoms with van der Waals surface area (Å²) >= 11 is 0. The molecule has 0 heterocycles. The standard InChI is InChI=1S/C26H47N/c1-18(2)7-5-6-8-19-10-12-23-22-11-9-20-17-21(27)13-15-26(20,4)24(22)14-16-25(19,23)3/h18-24H,5-17,27H2,1-4H3/t19-,20-,21+,22-,23-,24-,25+,26-/m0/s1. The van der Waals surface area contributed by atoms with Gasteiger partial charge in [0.15, 0.2) is 0 Å². The van der Waals surface area contributed by atoms with Crippen molar-refractivity contribution in [3.63, 3.8) is 0 Å². The molecule has 0 aromatic carbocycles. The number of unbranched alkanes of at least 4 members (excludes halogenated alkanes) is 1. The maximum absolute atomic E-state index is 6.37. The molecule has 4 fully saturated rings. The molecule has 0 spiro atoms. The highest BCUT2D eigenvalue weighted by Gasteiger charge is 2.59. The van der Waals surface area contributed by atoms with Crippen LogP contribution in [0.2, 0.25) is 0 Å². The van der Waals surface area contributed by atoms with Crippen LogP contribution in [0.4, 0.5) is 0 Å². The van der Waals surface area contributed by atoms with Crippen LogP contribution in [0.1, 0.15) is 111 Å². The van der Waals surface area contributed by atoms with Crippen LogP contribution < -0.4 is 5.73 Å². The number of rotatable bonds is 5. The Morgan fingerprint density at radius 1 is 0.852 bits per heavy atom. The summed E-state index contributed by atoms with van der Waals surface area (Å²) in [5.41, 5.74) is 7.66. The lowest BCUT2D eigenvalue weighted by atomic mass is 9.44. The normalized spacial score (nSPS) is 49.6. The molecule has 4 saturated carbocycles. The second kappa shape index (κ2) is 7.66. The molecule has 0 aromatic rings. The fraction of sp³-hybridized carbons (Fsp3) is 1.00. The van der Waals surface area contributed by atoms with Crippen LogP contribution in [0.3, 0.4) is 0 Å². The Bertz CT molecular complexity index is 512. The maximum Gasteiger partial charge on any atom is 0.00418 e. The van der Waals surface area contributed by atoms with Gasteiger partial charge in [-0.1, -0.05) is 47.0 Å². The molecule has 0 bridgehead atoms. The zero-order valence-corrected chi connectivity index (χ0v) is 18.8. The summed E-state index contributed by atoms with van der Waals surface area (Å²) in [6.45, 7) is 10.2. The summed E-state index contributed by atoms with van der Waals surface area (Å²) in [4.78, 5) is 0. The zero-order valence-electron chi connectivity index (χ0n) is 18.8. The Labute approximate surface area is 169 Å². The van der Waals surface area contributed by atoms with E-state index in [0.29, 0.717) is 16.9 Å². The van der Waals surface area contributed by atoms with Gasteiger partial charge in [-0.05, 0) is 111 Å². The van der Waals surface area contributed by atoms with E-state index in [4.69, 9.17) is 5.73 Å². The first-order valence-corrected chi connectivity index (χ1v) is 12.6. The SMILES string of the molecule is CC(C)CCCC[C@H]1CC[C@H]2[C@@H]3CC[C@H]4C[C@H](N)CC[C@]4(C)[C@H]3CC[C@]12C. The van der Waals surface area contributed by atoms with Crippen LogP contribution in [0.25, 0.3) is 0 Å². The van der Waals surface area contributed by atoms with E-state index < -0.39 is 0 Å². The number of nitrogens with two attached hydrogens (primary N) is 1. The highest BCUT2D eigenvalue weighted by molar-refractivity contribution is 5.09. The van der Waals surface area contributed by atoms with Crippen LogP contribution in [0.15, 0.2) is 0 Å². The molecule has 0 saturated heterocycles. The van der Waals surface area contributed by atoms with Crippen LogP contribution in [-0.2, 0) is 0 Å². The average molecular weight is 374 g/mol. The molecule has 1 heteroatoms. The second-order valence-corrected chi connectivity index (χ2v) is 12.2. The van der Waals surface area contributed by atoms with Gasteiger partial charge >= 0.3 is 0 Å². The van der Waals surface area contributed by atoms with Gasteiger partial charge in [-0.2, -0.15) is 0 Å². The van der Waals surface area contributed by atoms with E-state index in [9.17, 15) is 0 Å². The minimum absolute atomic E-state index is 0.496. The van der Waals surface area contributed by atoms with Crippen LogP contribution in [0, 0.1) is 46.3 Å². The Hall–Kier alpha value is -0.0400. The molecule has 4 rings (SSSR count). The van der Waals surface area contributed by atoms with E-state index in [-0.39, 0.29) is 0 Å². The fourth-order valence-electron chi connectivity index (χ4n) is 8.82. The molecule has 0 unspecified atom stereocenters. The number of hydrogen-bond donors (Lipinski definition) is 1. The predicted molar refractivity (Wildman–Crippen MR) is 116 cm³/mol. The van der Waals surface area contributed by atoms with Gasteiger partial charge in [0, 0.05) is 6.04 Å². The quantitative estimate of drug-likeness (QED) is 0.507. The molecular formula is C26H47N. The van der Waals surface area contributed by atoms with E-state index in [1.165, 1.54) is 77.0 Å². The first kappa shape index (κ1) is 20.2.